The topological polar surface area (TPSA) is 42.5 Å². The molecule has 4 heteroatoms. The number of hydrogen-bond acceptors (Lipinski definition) is 3. The fraction of sp³-hybridized carbons (Fsp3) is 0.0625. The van der Waals surface area contributed by atoms with Crippen LogP contribution in [0.1, 0.15) is 5.69 Å². The van der Waals surface area contributed by atoms with Gasteiger partial charge in [-0.25, -0.2) is 4.68 Å². The molecule has 1 heterocycles. The highest BCUT2D eigenvalue weighted by Crippen LogP contribution is 2.22. The maximum absolute atomic E-state index is 4.46. The molecule has 1 aromatic heterocycles. The molecule has 4 nitrogen and oxygen atoms in total. The van der Waals surface area contributed by atoms with Crippen molar-refractivity contribution in [3.8, 4) is 5.69 Å². The van der Waals surface area contributed by atoms with Crippen LogP contribution in [-0.4, -0.2) is 9.78 Å². The van der Waals surface area contributed by atoms with Gasteiger partial charge in [-0.1, -0.05) is 36.4 Å². The van der Waals surface area contributed by atoms with E-state index < -0.39 is 0 Å². The van der Waals surface area contributed by atoms with Crippen LogP contribution in [-0.2, 0) is 0 Å². The number of azo groups is 1. The van der Waals surface area contributed by atoms with Crippen LogP contribution in [0, 0.1) is 6.92 Å². The fourth-order valence-electron chi connectivity index (χ4n) is 1.87. The summed E-state index contributed by atoms with van der Waals surface area (Å²) in [4.78, 5) is 0. The largest absolute Gasteiger partial charge is 0.238 e. The van der Waals surface area contributed by atoms with Gasteiger partial charge in [-0.15, -0.1) is 5.11 Å². The molecule has 98 valence electrons. The summed E-state index contributed by atoms with van der Waals surface area (Å²) in [6.07, 6.45) is 1.89. The number of aromatic nitrogens is 2. The molecule has 0 amide bonds. The first kappa shape index (κ1) is 12.3. The smallest absolute Gasteiger partial charge is 0.127 e. The lowest BCUT2D eigenvalue weighted by atomic mass is 10.3. The van der Waals surface area contributed by atoms with Gasteiger partial charge in [-0.2, -0.15) is 10.2 Å². The molecule has 0 unspecified atom stereocenters. The van der Waals surface area contributed by atoms with Gasteiger partial charge in [0.25, 0.3) is 0 Å². The Bertz CT molecular complexity index is 715. The standard InChI is InChI=1S/C16H14N4/c1-13-16(18-17-14-8-4-2-5-9-14)12-20(19-13)15-10-6-3-7-11-15/h2-12H,1H3. The summed E-state index contributed by atoms with van der Waals surface area (Å²) >= 11 is 0. The van der Waals surface area contributed by atoms with Gasteiger partial charge in [0.2, 0.25) is 0 Å². The zero-order valence-corrected chi connectivity index (χ0v) is 11.1. The second-order valence-corrected chi connectivity index (χ2v) is 4.42. The summed E-state index contributed by atoms with van der Waals surface area (Å²) in [7, 11) is 0. The minimum atomic E-state index is 0.776. The minimum Gasteiger partial charge on any atom is -0.238 e. The maximum Gasteiger partial charge on any atom is 0.127 e. The highest BCUT2D eigenvalue weighted by atomic mass is 15.3. The Hall–Kier alpha value is -2.75. The van der Waals surface area contributed by atoms with Crippen molar-refractivity contribution in [2.45, 2.75) is 6.92 Å². The summed E-state index contributed by atoms with van der Waals surface area (Å²) in [5.74, 6) is 0. The lowest BCUT2D eigenvalue weighted by Crippen LogP contribution is -1.93. The Balaban J connectivity index is 1.89. The van der Waals surface area contributed by atoms with Crippen molar-refractivity contribution in [2.24, 2.45) is 10.2 Å². The molecule has 0 aliphatic rings. The van der Waals surface area contributed by atoms with Crippen LogP contribution in [0.15, 0.2) is 77.1 Å². The summed E-state index contributed by atoms with van der Waals surface area (Å²) in [6.45, 7) is 1.93. The first-order valence-corrected chi connectivity index (χ1v) is 6.41. The third-order valence-electron chi connectivity index (χ3n) is 2.92. The van der Waals surface area contributed by atoms with Crippen LogP contribution in [0.5, 0.6) is 0 Å². The third kappa shape index (κ3) is 2.64. The Morgan fingerprint density at radius 1 is 0.850 bits per heavy atom. The molecule has 0 aliphatic heterocycles. The average Bonchev–Trinajstić information content (AvgIpc) is 2.88. The van der Waals surface area contributed by atoms with Gasteiger partial charge in [0, 0.05) is 0 Å². The molecule has 0 spiro atoms. The van der Waals surface area contributed by atoms with E-state index in [1.807, 2.05) is 78.5 Å². The van der Waals surface area contributed by atoms with E-state index in [0.717, 1.165) is 22.8 Å². The molecule has 0 bridgehead atoms. The summed E-state index contributed by atoms with van der Waals surface area (Å²) in [6, 6.07) is 19.6. The number of rotatable bonds is 3. The zero-order chi connectivity index (χ0) is 13.8. The molecule has 0 aliphatic carbocycles. The lowest BCUT2D eigenvalue weighted by molar-refractivity contribution is 0.863. The van der Waals surface area contributed by atoms with E-state index in [4.69, 9.17) is 0 Å². The van der Waals surface area contributed by atoms with E-state index in [1.54, 1.807) is 0 Å². The van der Waals surface area contributed by atoms with Crippen molar-refractivity contribution in [1.29, 1.82) is 0 Å². The Morgan fingerprint density at radius 3 is 2.20 bits per heavy atom. The van der Waals surface area contributed by atoms with Crippen LogP contribution in [0.3, 0.4) is 0 Å². The van der Waals surface area contributed by atoms with Gasteiger partial charge in [0.1, 0.15) is 5.69 Å². The molecule has 0 atom stereocenters. The van der Waals surface area contributed by atoms with Crippen molar-refractivity contribution in [1.82, 2.24) is 9.78 Å². The van der Waals surface area contributed by atoms with Gasteiger partial charge in [0.15, 0.2) is 0 Å². The molecule has 0 N–H and O–H groups in total. The second-order valence-electron chi connectivity index (χ2n) is 4.42. The molecule has 3 aromatic rings. The Kier molecular flexibility index (Phi) is 3.37. The molecule has 3 rings (SSSR count). The molecule has 0 saturated heterocycles. The van der Waals surface area contributed by atoms with Crippen LogP contribution >= 0.6 is 0 Å². The first-order chi connectivity index (χ1) is 9.83. The van der Waals surface area contributed by atoms with E-state index in [9.17, 15) is 0 Å². The van der Waals surface area contributed by atoms with Gasteiger partial charge < -0.3 is 0 Å². The predicted octanol–water partition coefficient (Wildman–Crippen LogP) is 4.60. The molecule has 0 radical (unpaired) electrons. The maximum atomic E-state index is 4.46. The molecular weight excluding hydrogens is 248 g/mol. The normalized spacial score (nSPS) is 11.1. The van der Waals surface area contributed by atoms with Crippen LogP contribution in [0.4, 0.5) is 11.4 Å². The quantitative estimate of drug-likeness (QED) is 0.636. The minimum absolute atomic E-state index is 0.776. The van der Waals surface area contributed by atoms with Crippen molar-refractivity contribution < 1.29 is 0 Å². The van der Waals surface area contributed by atoms with Crippen LogP contribution < -0.4 is 0 Å². The van der Waals surface area contributed by atoms with Crippen LogP contribution in [0.2, 0.25) is 0 Å². The van der Waals surface area contributed by atoms with Gasteiger partial charge >= 0.3 is 0 Å². The van der Waals surface area contributed by atoms with E-state index in [0.29, 0.717) is 0 Å². The monoisotopic (exact) mass is 262 g/mol. The number of benzene rings is 2. The highest BCUT2D eigenvalue weighted by molar-refractivity contribution is 5.44. The Morgan fingerprint density at radius 2 is 1.50 bits per heavy atom. The third-order valence-corrected chi connectivity index (χ3v) is 2.92. The average molecular weight is 262 g/mol. The van der Waals surface area contributed by atoms with Crippen molar-refractivity contribution >= 4 is 11.4 Å². The van der Waals surface area contributed by atoms with Gasteiger partial charge in [-0.05, 0) is 31.2 Å². The molecule has 2 aromatic carbocycles. The zero-order valence-electron chi connectivity index (χ0n) is 11.1. The number of aryl methyl sites for hydroxylation is 1. The van der Waals surface area contributed by atoms with Crippen molar-refractivity contribution in [3.05, 3.63) is 72.6 Å². The van der Waals surface area contributed by atoms with Crippen molar-refractivity contribution in [3.63, 3.8) is 0 Å². The number of para-hydroxylation sites is 1. The predicted molar refractivity (Wildman–Crippen MR) is 78.9 cm³/mol. The number of nitrogens with zero attached hydrogens (tertiary/aromatic N) is 4. The molecular formula is C16H14N4. The first-order valence-electron chi connectivity index (χ1n) is 6.41. The van der Waals surface area contributed by atoms with E-state index in [2.05, 4.69) is 15.3 Å². The number of hydrogen-bond donors (Lipinski definition) is 0. The van der Waals surface area contributed by atoms with Gasteiger partial charge in [0.05, 0.1) is 23.3 Å². The summed E-state index contributed by atoms with van der Waals surface area (Å²) in [5.41, 5.74) is 3.47. The molecule has 0 fully saturated rings. The molecule has 20 heavy (non-hydrogen) atoms. The van der Waals surface area contributed by atoms with Crippen LogP contribution in [0.25, 0.3) is 5.69 Å². The van der Waals surface area contributed by atoms with E-state index >= 15 is 0 Å². The fourth-order valence-corrected chi connectivity index (χ4v) is 1.87. The lowest BCUT2D eigenvalue weighted by Gasteiger charge is -1.98. The highest BCUT2D eigenvalue weighted by Gasteiger charge is 2.05. The Labute approximate surface area is 117 Å². The van der Waals surface area contributed by atoms with Gasteiger partial charge in [-0.3, -0.25) is 0 Å². The van der Waals surface area contributed by atoms with Crippen molar-refractivity contribution in [2.75, 3.05) is 0 Å². The second kappa shape index (κ2) is 5.48. The summed E-state index contributed by atoms with van der Waals surface area (Å²) in [5, 5.41) is 12.9. The van der Waals surface area contributed by atoms with E-state index in [-0.39, 0.29) is 0 Å². The van der Waals surface area contributed by atoms with E-state index in [1.165, 1.54) is 0 Å². The SMILES string of the molecule is Cc1nn(-c2ccccc2)cc1N=Nc1ccccc1. The molecule has 0 saturated carbocycles. The summed E-state index contributed by atoms with van der Waals surface area (Å²) < 4.78 is 1.81.